The van der Waals surface area contributed by atoms with Crippen molar-refractivity contribution in [3.8, 4) is 0 Å². The molecule has 7 nitrogen and oxygen atoms in total. The number of amides is 2. The number of hydrogen-bond acceptors (Lipinski definition) is 4. The van der Waals surface area contributed by atoms with Gasteiger partial charge in [0.25, 0.3) is 0 Å². The maximum atomic E-state index is 12.8. The van der Waals surface area contributed by atoms with E-state index in [4.69, 9.17) is 0 Å². The Morgan fingerprint density at radius 1 is 1.33 bits per heavy atom. The molecule has 1 N–H and O–H groups in total. The third kappa shape index (κ3) is 3.15. The molecule has 0 bridgehead atoms. The molecule has 3 heterocycles. The molecule has 0 spiro atoms. The second-order valence-electron chi connectivity index (χ2n) is 5.91. The predicted octanol–water partition coefficient (Wildman–Crippen LogP) is 1.75. The highest BCUT2D eigenvalue weighted by molar-refractivity contribution is 5.94. The SMILES string of the molecule is CCN1C(=O)CC[C@H](C(=O)Nc2ccn(C)n2)[C@H]1c1ccncc1. The molecular formula is C17H21N5O2. The number of hydrogen-bond donors (Lipinski definition) is 1. The lowest BCUT2D eigenvalue weighted by molar-refractivity contribution is -0.141. The van der Waals surface area contributed by atoms with Crippen LogP contribution in [0.1, 0.15) is 31.4 Å². The van der Waals surface area contributed by atoms with Crippen molar-refractivity contribution in [3.05, 3.63) is 42.4 Å². The average molecular weight is 327 g/mol. The van der Waals surface area contributed by atoms with E-state index < -0.39 is 0 Å². The largest absolute Gasteiger partial charge is 0.335 e. The number of likely N-dealkylation sites (tertiary alicyclic amines) is 1. The molecule has 1 aliphatic rings. The van der Waals surface area contributed by atoms with Gasteiger partial charge in [-0.25, -0.2) is 0 Å². The molecule has 2 atom stereocenters. The summed E-state index contributed by atoms with van der Waals surface area (Å²) in [7, 11) is 1.80. The second-order valence-corrected chi connectivity index (χ2v) is 5.91. The number of aromatic nitrogens is 3. The first-order chi connectivity index (χ1) is 11.6. The first kappa shape index (κ1) is 16.2. The Balaban J connectivity index is 1.88. The van der Waals surface area contributed by atoms with Gasteiger partial charge in [-0.15, -0.1) is 0 Å². The monoisotopic (exact) mass is 327 g/mol. The highest BCUT2D eigenvalue weighted by atomic mass is 16.2. The molecule has 3 rings (SSSR count). The zero-order chi connectivity index (χ0) is 17.1. The molecule has 2 aromatic rings. The Morgan fingerprint density at radius 3 is 2.71 bits per heavy atom. The summed E-state index contributed by atoms with van der Waals surface area (Å²) in [6.45, 7) is 2.50. The van der Waals surface area contributed by atoms with Gasteiger partial charge in [0.1, 0.15) is 0 Å². The van der Waals surface area contributed by atoms with Crippen molar-refractivity contribution in [2.24, 2.45) is 13.0 Å². The van der Waals surface area contributed by atoms with E-state index in [0.29, 0.717) is 25.2 Å². The molecule has 0 unspecified atom stereocenters. The minimum atomic E-state index is -0.313. The van der Waals surface area contributed by atoms with Crippen LogP contribution in [0.25, 0.3) is 0 Å². The summed E-state index contributed by atoms with van der Waals surface area (Å²) in [6, 6.07) is 5.22. The average Bonchev–Trinajstić information content (AvgIpc) is 3.00. The first-order valence-corrected chi connectivity index (χ1v) is 8.10. The zero-order valence-electron chi connectivity index (χ0n) is 13.8. The van der Waals surface area contributed by atoms with Crippen LogP contribution in [0.3, 0.4) is 0 Å². The van der Waals surface area contributed by atoms with Gasteiger partial charge in [0.15, 0.2) is 5.82 Å². The van der Waals surface area contributed by atoms with Crippen LogP contribution < -0.4 is 5.32 Å². The summed E-state index contributed by atoms with van der Waals surface area (Å²) in [5, 5.41) is 7.06. The fraction of sp³-hybridized carbons (Fsp3) is 0.412. The summed E-state index contributed by atoms with van der Waals surface area (Å²) >= 11 is 0. The fourth-order valence-corrected chi connectivity index (χ4v) is 3.27. The molecule has 1 fully saturated rings. The van der Waals surface area contributed by atoms with Crippen molar-refractivity contribution in [3.63, 3.8) is 0 Å². The van der Waals surface area contributed by atoms with Gasteiger partial charge in [0.05, 0.1) is 12.0 Å². The number of aryl methyl sites for hydroxylation is 1. The Bertz CT molecular complexity index is 728. The predicted molar refractivity (Wildman–Crippen MR) is 88.9 cm³/mol. The van der Waals surface area contributed by atoms with Crippen LogP contribution in [0, 0.1) is 5.92 Å². The summed E-state index contributed by atoms with van der Waals surface area (Å²) in [4.78, 5) is 30.9. The van der Waals surface area contributed by atoms with Gasteiger partial charge < -0.3 is 10.2 Å². The van der Waals surface area contributed by atoms with E-state index in [1.54, 1.807) is 41.3 Å². The number of anilines is 1. The van der Waals surface area contributed by atoms with Gasteiger partial charge in [0, 0.05) is 44.7 Å². The molecule has 126 valence electrons. The summed E-state index contributed by atoms with van der Waals surface area (Å²) in [6.07, 6.45) is 6.07. The van der Waals surface area contributed by atoms with E-state index >= 15 is 0 Å². The Kier molecular flexibility index (Phi) is 4.59. The van der Waals surface area contributed by atoms with Gasteiger partial charge in [-0.3, -0.25) is 19.3 Å². The van der Waals surface area contributed by atoms with E-state index in [2.05, 4.69) is 15.4 Å². The van der Waals surface area contributed by atoms with Crippen molar-refractivity contribution >= 4 is 17.6 Å². The van der Waals surface area contributed by atoms with Crippen LogP contribution in [0.15, 0.2) is 36.8 Å². The highest BCUT2D eigenvalue weighted by Crippen LogP contribution is 2.37. The van der Waals surface area contributed by atoms with E-state index in [-0.39, 0.29) is 23.8 Å². The molecular weight excluding hydrogens is 306 g/mol. The van der Waals surface area contributed by atoms with Crippen molar-refractivity contribution in [1.82, 2.24) is 19.7 Å². The Hall–Kier alpha value is -2.70. The van der Waals surface area contributed by atoms with Crippen molar-refractivity contribution in [2.75, 3.05) is 11.9 Å². The summed E-state index contributed by atoms with van der Waals surface area (Å²) in [5.41, 5.74) is 0.932. The van der Waals surface area contributed by atoms with Gasteiger partial charge >= 0.3 is 0 Å². The van der Waals surface area contributed by atoms with Gasteiger partial charge in [-0.2, -0.15) is 5.10 Å². The topological polar surface area (TPSA) is 80.1 Å². The molecule has 0 saturated carbocycles. The lowest BCUT2D eigenvalue weighted by Crippen LogP contribution is -2.46. The molecule has 24 heavy (non-hydrogen) atoms. The van der Waals surface area contributed by atoms with Crippen LogP contribution in [0.4, 0.5) is 5.82 Å². The minimum absolute atomic E-state index is 0.0844. The number of carbonyl (C=O) groups excluding carboxylic acids is 2. The number of pyridine rings is 1. The quantitative estimate of drug-likeness (QED) is 0.928. The van der Waals surface area contributed by atoms with E-state index in [1.807, 2.05) is 19.1 Å². The normalized spacial score (nSPS) is 20.9. The highest BCUT2D eigenvalue weighted by Gasteiger charge is 2.40. The molecule has 1 saturated heterocycles. The fourth-order valence-electron chi connectivity index (χ4n) is 3.27. The number of piperidine rings is 1. The van der Waals surface area contributed by atoms with Crippen LogP contribution in [0.5, 0.6) is 0 Å². The number of nitrogens with one attached hydrogen (secondary N) is 1. The standard InChI is InChI=1S/C17H21N5O2/c1-3-22-15(23)5-4-13(16(22)12-6-9-18-10-7-12)17(24)19-14-8-11-21(2)20-14/h6-11,13,16H,3-5H2,1-2H3,(H,19,20,24)/t13-,16+/m0/s1. The van der Waals surface area contributed by atoms with Gasteiger partial charge in [0.2, 0.25) is 11.8 Å². The molecule has 2 amide bonds. The maximum absolute atomic E-state index is 12.8. The minimum Gasteiger partial charge on any atom is -0.335 e. The zero-order valence-corrected chi connectivity index (χ0v) is 13.8. The first-order valence-electron chi connectivity index (χ1n) is 8.10. The Labute approximate surface area is 140 Å². The van der Waals surface area contributed by atoms with Gasteiger partial charge in [-0.1, -0.05) is 0 Å². The van der Waals surface area contributed by atoms with E-state index in [0.717, 1.165) is 5.56 Å². The lowest BCUT2D eigenvalue weighted by Gasteiger charge is -2.40. The molecule has 1 aliphatic heterocycles. The van der Waals surface area contributed by atoms with Crippen molar-refractivity contribution in [1.29, 1.82) is 0 Å². The molecule has 0 aliphatic carbocycles. The summed E-state index contributed by atoms with van der Waals surface area (Å²) < 4.78 is 1.64. The number of carbonyl (C=O) groups is 2. The van der Waals surface area contributed by atoms with Crippen LogP contribution in [-0.4, -0.2) is 38.0 Å². The van der Waals surface area contributed by atoms with Crippen molar-refractivity contribution < 1.29 is 9.59 Å². The van der Waals surface area contributed by atoms with Gasteiger partial charge in [-0.05, 0) is 31.0 Å². The smallest absolute Gasteiger partial charge is 0.231 e. The molecule has 0 aromatic carbocycles. The third-order valence-corrected chi connectivity index (χ3v) is 4.40. The maximum Gasteiger partial charge on any atom is 0.231 e. The molecule has 7 heteroatoms. The van der Waals surface area contributed by atoms with E-state index in [1.165, 1.54) is 0 Å². The number of nitrogens with zero attached hydrogens (tertiary/aromatic N) is 4. The summed E-state index contributed by atoms with van der Waals surface area (Å²) in [5.74, 6) is 0.186. The number of rotatable bonds is 4. The second kappa shape index (κ2) is 6.82. The van der Waals surface area contributed by atoms with Crippen LogP contribution in [-0.2, 0) is 16.6 Å². The Morgan fingerprint density at radius 2 is 2.08 bits per heavy atom. The third-order valence-electron chi connectivity index (χ3n) is 4.40. The van der Waals surface area contributed by atoms with E-state index in [9.17, 15) is 9.59 Å². The van der Waals surface area contributed by atoms with Crippen LogP contribution >= 0.6 is 0 Å². The lowest BCUT2D eigenvalue weighted by atomic mass is 9.84. The van der Waals surface area contributed by atoms with Crippen LogP contribution in [0.2, 0.25) is 0 Å². The van der Waals surface area contributed by atoms with Crippen molar-refractivity contribution in [2.45, 2.75) is 25.8 Å². The molecule has 2 aromatic heterocycles. The molecule has 0 radical (unpaired) electrons.